The van der Waals surface area contributed by atoms with E-state index in [2.05, 4.69) is 33.6 Å². The first-order valence-electron chi connectivity index (χ1n) is 17.0. The molecule has 0 spiro atoms. The van der Waals surface area contributed by atoms with Gasteiger partial charge in [-0.25, -0.2) is 21.6 Å². The van der Waals surface area contributed by atoms with Gasteiger partial charge in [-0.15, -0.1) is 0 Å². The van der Waals surface area contributed by atoms with Gasteiger partial charge in [-0.05, 0) is 71.0 Å². The molecule has 0 amide bonds. The van der Waals surface area contributed by atoms with Crippen LogP contribution in [0.2, 0.25) is 5.02 Å². The highest BCUT2D eigenvalue weighted by molar-refractivity contribution is 7.91. The van der Waals surface area contributed by atoms with Crippen molar-refractivity contribution in [1.29, 1.82) is 0 Å². The van der Waals surface area contributed by atoms with Crippen molar-refractivity contribution in [3.05, 3.63) is 172 Å². The number of fused-ring (bicyclic) bond motifs is 1. The standard InChI is InChI=1S/C41H39ClN2O6S2/c42-34-19-22-38-37(28-34)36(25-27-51(47,48)35-20-16-30(17-21-35)18-23-40(45)46)39(24-26-43-52(49,50)29-31-10-4-1-5-11-31)44(38)41(32-12-6-2-7-13-32)33-14-8-3-9-15-33/h1-17,19-22,28,41,43H,18,23-27,29H2,(H,45,46). The monoisotopic (exact) mass is 754 g/mol. The predicted octanol–water partition coefficient (Wildman–Crippen LogP) is 7.63. The van der Waals surface area contributed by atoms with E-state index in [1.807, 2.05) is 60.7 Å². The van der Waals surface area contributed by atoms with Crippen LogP contribution in [0.25, 0.3) is 10.9 Å². The van der Waals surface area contributed by atoms with Crippen LogP contribution in [0, 0.1) is 0 Å². The van der Waals surface area contributed by atoms with Gasteiger partial charge in [0, 0.05) is 41.0 Å². The molecule has 6 rings (SSSR count). The number of sulfonamides is 1. The van der Waals surface area contributed by atoms with Crippen LogP contribution in [0.4, 0.5) is 0 Å². The van der Waals surface area contributed by atoms with Crippen LogP contribution in [0.5, 0.6) is 0 Å². The minimum atomic E-state index is -3.77. The first kappa shape index (κ1) is 37.0. The largest absolute Gasteiger partial charge is 0.481 e. The molecule has 6 aromatic rings. The molecule has 268 valence electrons. The number of sulfone groups is 1. The summed E-state index contributed by atoms with van der Waals surface area (Å²) in [5, 5.41) is 10.3. The van der Waals surface area contributed by atoms with E-state index in [0.717, 1.165) is 38.9 Å². The number of carbonyl (C=O) groups is 1. The van der Waals surface area contributed by atoms with Gasteiger partial charge in [-0.2, -0.15) is 0 Å². The predicted molar refractivity (Wildman–Crippen MR) is 206 cm³/mol. The quantitative estimate of drug-likeness (QED) is 0.105. The lowest BCUT2D eigenvalue weighted by molar-refractivity contribution is -0.136. The normalized spacial score (nSPS) is 12.0. The molecule has 0 unspecified atom stereocenters. The van der Waals surface area contributed by atoms with Gasteiger partial charge in [0.25, 0.3) is 0 Å². The van der Waals surface area contributed by atoms with E-state index in [4.69, 9.17) is 16.7 Å². The Balaban J connectivity index is 1.42. The maximum atomic E-state index is 13.8. The second-order valence-electron chi connectivity index (χ2n) is 12.7. The zero-order chi connectivity index (χ0) is 36.7. The van der Waals surface area contributed by atoms with Gasteiger partial charge in [-0.3, -0.25) is 4.79 Å². The summed E-state index contributed by atoms with van der Waals surface area (Å²) in [5.41, 5.74) is 5.85. The van der Waals surface area contributed by atoms with Crippen LogP contribution < -0.4 is 4.72 Å². The number of hydrogen-bond donors (Lipinski definition) is 2. The van der Waals surface area contributed by atoms with Crippen molar-refractivity contribution in [2.75, 3.05) is 12.3 Å². The molecular formula is C41H39ClN2O6S2. The Bertz CT molecular complexity index is 2330. The number of halogens is 1. The maximum absolute atomic E-state index is 13.8. The molecule has 0 aliphatic rings. The highest BCUT2D eigenvalue weighted by atomic mass is 35.5. The molecule has 0 aliphatic carbocycles. The summed E-state index contributed by atoms with van der Waals surface area (Å²) >= 11 is 6.60. The second-order valence-corrected chi connectivity index (χ2v) is 17.0. The number of nitrogens with zero attached hydrogens (tertiary/aromatic N) is 1. The van der Waals surface area contributed by atoms with Crippen molar-refractivity contribution in [2.45, 2.75) is 42.4 Å². The van der Waals surface area contributed by atoms with Crippen molar-refractivity contribution in [2.24, 2.45) is 0 Å². The molecule has 0 aliphatic heterocycles. The highest BCUT2D eigenvalue weighted by Crippen LogP contribution is 2.38. The van der Waals surface area contributed by atoms with E-state index in [-0.39, 0.29) is 48.3 Å². The lowest BCUT2D eigenvalue weighted by atomic mass is 9.97. The Morgan fingerprint density at radius 3 is 1.90 bits per heavy atom. The number of aliphatic carboxylic acids is 1. The van der Waals surface area contributed by atoms with Gasteiger partial charge in [0.15, 0.2) is 9.84 Å². The van der Waals surface area contributed by atoms with E-state index in [0.29, 0.717) is 17.0 Å². The summed E-state index contributed by atoms with van der Waals surface area (Å²) < 4.78 is 59.0. The first-order chi connectivity index (χ1) is 25.0. The number of aromatic nitrogens is 1. The molecule has 2 N–H and O–H groups in total. The molecule has 52 heavy (non-hydrogen) atoms. The third-order valence-electron chi connectivity index (χ3n) is 9.09. The smallest absolute Gasteiger partial charge is 0.303 e. The topological polar surface area (TPSA) is 123 Å². The number of carboxylic acids is 1. The van der Waals surface area contributed by atoms with Crippen LogP contribution in [-0.4, -0.2) is 44.8 Å². The lowest BCUT2D eigenvalue weighted by Gasteiger charge is -2.25. The first-order valence-corrected chi connectivity index (χ1v) is 20.6. The Morgan fingerprint density at radius 2 is 1.31 bits per heavy atom. The molecule has 0 bridgehead atoms. The molecular weight excluding hydrogens is 716 g/mol. The summed E-state index contributed by atoms with van der Waals surface area (Å²) in [4.78, 5) is 11.2. The molecule has 5 aromatic carbocycles. The van der Waals surface area contributed by atoms with E-state index in [1.165, 1.54) is 12.1 Å². The second kappa shape index (κ2) is 16.3. The molecule has 1 heterocycles. The fourth-order valence-electron chi connectivity index (χ4n) is 6.65. The van der Waals surface area contributed by atoms with Gasteiger partial charge < -0.3 is 9.67 Å². The molecule has 0 saturated heterocycles. The van der Waals surface area contributed by atoms with Crippen molar-refractivity contribution in [3.63, 3.8) is 0 Å². The molecule has 0 radical (unpaired) electrons. The summed E-state index contributed by atoms with van der Waals surface area (Å²) in [6, 6.07) is 40.6. The van der Waals surface area contributed by atoms with Gasteiger partial charge in [0.05, 0.1) is 22.4 Å². The summed E-state index contributed by atoms with van der Waals surface area (Å²) in [6.45, 7) is 0.0904. The minimum Gasteiger partial charge on any atom is -0.481 e. The van der Waals surface area contributed by atoms with Crippen molar-refractivity contribution < 1.29 is 26.7 Å². The van der Waals surface area contributed by atoms with Crippen LogP contribution in [0.1, 0.15) is 46.0 Å². The van der Waals surface area contributed by atoms with Gasteiger partial charge in [0.2, 0.25) is 10.0 Å². The van der Waals surface area contributed by atoms with Crippen LogP contribution >= 0.6 is 11.6 Å². The number of aryl methyl sites for hydroxylation is 2. The number of nitrogens with one attached hydrogen (secondary N) is 1. The molecule has 0 atom stereocenters. The lowest BCUT2D eigenvalue weighted by Crippen LogP contribution is -2.28. The SMILES string of the molecule is O=C(O)CCc1ccc(S(=O)(=O)CCc2c(CCNS(=O)(=O)Cc3ccccc3)n(C(c3ccccc3)c3ccccc3)c3ccc(Cl)cc23)cc1. The van der Waals surface area contributed by atoms with E-state index in [1.54, 1.807) is 36.4 Å². The third kappa shape index (κ3) is 9.00. The van der Waals surface area contributed by atoms with Crippen LogP contribution in [0.3, 0.4) is 0 Å². The van der Waals surface area contributed by atoms with Crippen molar-refractivity contribution in [1.82, 2.24) is 9.29 Å². The Hall–Kier alpha value is -4.74. The fraction of sp³-hybridized carbons (Fsp3) is 0.195. The van der Waals surface area contributed by atoms with Crippen molar-refractivity contribution in [3.8, 4) is 0 Å². The molecule has 0 saturated carbocycles. The van der Waals surface area contributed by atoms with Gasteiger partial charge in [0.1, 0.15) is 0 Å². The molecule has 11 heteroatoms. The average Bonchev–Trinajstić information content (AvgIpc) is 3.42. The fourth-order valence-corrected chi connectivity index (χ4v) is 9.23. The number of rotatable bonds is 16. The third-order valence-corrected chi connectivity index (χ3v) is 12.4. The summed E-state index contributed by atoms with van der Waals surface area (Å²) in [7, 11) is -7.45. The van der Waals surface area contributed by atoms with Crippen LogP contribution in [0.15, 0.2) is 138 Å². The Labute approximate surface area is 309 Å². The van der Waals surface area contributed by atoms with Gasteiger partial charge >= 0.3 is 5.97 Å². The van der Waals surface area contributed by atoms with E-state index in [9.17, 15) is 21.6 Å². The number of benzene rings is 5. The summed E-state index contributed by atoms with van der Waals surface area (Å²) in [6.07, 6.45) is 0.689. The summed E-state index contributed by atoms with van der Waals surface area (Å²) in [5.74, 6) is -1.29. The minimum absolute atomic E-state index is 0.0448. The molecule has 8 nitrogen and oxygen atoms in total. The zero-order valence-electron chi connectivity index (χ0n) is 28.4. The molecule has 1 aromatic heterocycles. The highest BCUT2D eigenvalue weighted by Gasteiger charge is 2.27. The zero-order valence-corrected chi connectivity index (χ0v) is 30.7. The van der Waals surface area contributed by atoms with E-state index >= 15 is 0 Å². The molecule has 0 fully saturated rings. The average molecular weight is 755 g/mol. The number of hydrogen-bond acceptors (Lipinski definition) is 5. The van der Waals surface area contributed by atoms with Gasteiger partial charge in [-0.1, -0.05) is 115 Å². The van der Waals surface area contributed by atoms with Crippen molar-refractivity contribution >= 4 is 48.3 Å². The van der Waals surface area contributed by atoms with E-state index < -0.39 is 25.8 Å². The Kier molecular flexibility index (Phi) is 11.6. The number of carboxylic acid groups (broad SMARTS) is 1. The Morgan fingerprint density at radius 1 is 0.712 bits per heavy atom. The van der Waals surface area contributed by atoms with Crippen LogP contribution in [-0.2, 0) is 49.7 Å². The maximum Gasteiger partial charge on any atom is 0.303 e.